The van der Waals surface area contributed by atoms with E-state index in [1.807, 2.05) is 22.8 Å². The fraction of sp³-hybridized carbons (Fsp3) is 0.120. The fourth-order valence-electron chi connectivity index (χ4n) is 4.42. The Morgan fingerprint density at radius 3 is 2.94 bits per heavy atom. The fourth-order valence-corrected chi connectivity index (χ4v) is 4.42. The number of rotatable bonds is 5. The van der Waals surface area contributed by atoms with Crippen molar-refractivity contribution >= 4 is 28.2 Å². The molecule has 0 bridgehead atoms. The normalized spacial score (nSPS) is 13.1. The van der Waals surface area contributed by atoms with E-state index in [-0.39, 0.29) is 10.6 Å². The minimum Gasteiger partial charge on any atom is -0.472 e. The molecule has 0 radical (unpaired) electrons. The number of fused-ring (bicyclic) bond motifs is 2. The molecule has 0 fully saturated rings. The number of hydrogen-bond donors (Lipinski definition) is 2. The highest BCUT2D eigenvalue weighted by Gasteiger charge is 2.19. The number of hydrogen-bond acceptors (Lipinski definition) is 7. The molecule has 3 aromatic heterocycles. The van der Waals surface area contributed by atoms with Crippen LogP contribution in [0.15, 0.2) is 77.9 Å². The van der Waals surface area contributed by atoms with Crippen molar-refractivity contribution in [1.29, 1.82) is 0 Å². The van der Waals surface area contributed by atoms with Crippen LogP contribution >= 0.6 is 0 Å². The van der Waals surface area contributed by atoms with E-state index in [2.05, 4.69) is 27.8 Å². The van der Waals surface area contributed by atoms with Gasteiger partial charge < -0.3 is 19.6 Å². The van der Waals surface area contributed by atoms with Gasteiger partial charge in [-0.3, -0.25) is 10.1 Å². The lowest BCUT2D eigenvalue weighted by molar-refractivity contribution is -0.383. The van der Waals surface area contributed by atoms with Crippen molar-refractivity contribution in [1.82, 2.24) is 19.9 Å². The number of furan rings is 1. The third-order valence-corrected chi connectivity index (χ3v) is 6.08. The van der Waals surface area contributed by atoms with E-state index in [9.17, 15) is 10.1 Å². The Labute approximate surface area is 194 Å². The Hall–Kier alpha value is -4.50. The third-order valence-electron chi connectivity index (χ3n) is 6.08. The molecule has 0 amide bonds. The molecule has 2 aromatic carbocycles. The van der Waals surface area contributed by atoms with Crippen molar-refractivity contribution in [3.8, 4) is 16.9 Å². The number of nitro groups is 1. The van der Waals surface area contributed by atoms with Gasteiger partial charge >= 0.3 is 0 Å². The predicted octanol–water partition coefficient (Wildman–Crippen LogP) is 4.98. The topological polar surface area (TPSA) is 111 Å². The Morgan fingerprint density at radius 2 is 2.09 bits per heavy atom. The van der Waals surface area contributed by atoms with Gasteiger partial charge in [-0.1, -0.05) is 12.1 Å². The molecule has 5 aromatic rings. The van der Waals surface area contributed by atoms with Crippen LogP contribution in [0.2, 0.25) is 0 Å². The number of benzene rings is 2. The molecule has 34 heavy (non-hydrogen) atoms. The summed E-state index contributed by atoms with van der Waals surface area (Å²) in [6, 6.07) is 14.9. The molecule has 2 N–H and O–H groups in total. The number of aromatic nitrogens is 3. The van der Waals surface area contributed by atoms with E-state index in [0.29, 0.717) is 22.7 Å². The summed E-state index contributed by atoms with van der Waals surface area (Å²) in [6.07, 6.45) is 7.72. The molecule has 0 spiro atoms. The molecule has 0 saturated heterocycles. The van der Waals surface area contributed by atoms with Crippen LogP contribution in [-0.4, -0.2) is 26.0 Å². The molecule has 9 heteroatoms. The molecule has 168 valence electrons. The quantitative estimate of drug-likeness (QED) is 0.286. The van der Waals surface area contributed by atoms with Crippen LogP contribution in [0.1, 0.15) is 11.1 Å². The van der Waals surface area contributed by atoms with E-state index in [1.165, 1.54) is 17.2 Å². The maximum absolute atomic E-state index is 11.5. The zero-order valence-corrected chi connectivity index (χ0v) is 18.1. The molecule has 0 saturated carbocycles. The van der Waals surface area contributed by atoms with Gasteiger partial charge in [-0.2, -0.15) is 4.98 Å². The predicted molar refractivity (Wildman–Crippen MR) is 128 cm³/mol. The van der Waals surface area contributed by atoms with Crippen molar-refractivity contribution in [3.05, 3.63) is 94.7 Å². The molecule has 1 aliphatic heterocycles. The average Bonchev–Trinajstić information content (AvgIpc) is 3.54. The minimum atomic E-state index is -0.373. The first-order chi connectivity index (χ1) is 16.7. The van der Waals surface area contributed by atoms with Gasteiger partial charge in [0.2, 0.25) is 5.95 Å². The van der Waals surface area contributed by atoms with Crippen molar-refractivity contribution < 1.29 is 9.34 Å². The zero-order chi connectivity index (χ0) is 23.1. The molecule has 0 aliphatic carbocycles. The van der Waals surface area contributed by atoms with Crippen LogP contribution in [0.4, 0.5) is 17.3 Å². The standard InChI is InChI=1S/C25H20N6O3/c32-31(33)23-3-1-2-22-20(23)7-10-30(22)24-21(18-8-11-34-15-18)14-27-25(29-24)28-19-5-4-17-13-26-9-6-16(17)12-19/h1-5,7-8,10-12,14-15,26H,6,9,13H2,(H,27,28,29). The summed E-state index contributed by atoms with van der Waals surface area (Å²) in [5.41, 5.74) is 5.82. The highest BCUT2D eigenvalue weighted by atomic mass is 16.6. The maximum atomic E-state index is 11.5. The highest BCUT2D eigenvalue weighted by molar-refractivity contribution is 5.91. The summed E-state index contributed by atoms with van der Waals surface area (Å²) < 4.78 is 7.13. The minimum absolute atomic E-state index is 0.0528. The first-order valence-electron chi connectivity index (χ1n) is 10.9. The van der Waals surface area contributed by atoms with Gasteiger partial charge in [-0.05, 0) is 54.4 Å². The summed E-state index contributed by atoms with van der Waals surface area (Å²) in [5.74, 6) is 1.03. The number of anilines is 2. The van der Waals surface area contributed by atoms with Crippen molar-refractivity contribution in [2.45, 2.75) is 13.0 Å². The van der Waals surface area contributed by atoms with Gasteiger partial charge in [0.25, 0.3) is 5.69 Å². The molecule has 0 unspecified atom stereocenters. The summed E-state index contributed by atoms with van der Waals surface area (Å²) in [4.78, 5) is 20.5. The average molecular weight is 452 g/mol. The number of non-ortho nitro benzene ring substituents is 1. The first-order valence-corrected chi connectivity index (χ1v) is 10.9. The van der Waals surface area contributed by atoms with Gasteiger partial charge in [-0.25, -0.2) is 4.98 Å². The van der Waals surface area contributed by atoms with Crippen LogP contribution in [0.25, 0.3) is 27.8 Å². The van der Waals surface area contributed by atoms with Crippen molar-refractivity contribution in [2.75, 3.05) is 11.9 Å². The largest absolute Gasteiger partial charge is 0.472 e. The summed E-state index contributed by atoms with van der Waals surface area (Å²) in [7, 11) is 0. The number of nitro benzene ring substituents is 1. The Balaban J connectivity index is 1.46. The SMILES string of the molecule is O=[N+]([O-])c1cccc2c1ccn2-c1nc(Nc2ccc3c(c2)CCNC3)ncc1-c1ccoc1. The summed E-state index contributed by atoms with van der Waals surface area (Å²) in [6.45, 7) is 1.84. The van der Waals surface area contributed by atoms with E-state index >= 15 is 0 Å². The van der Waals surface area contributed by atoms with Gasteiger partial charge in [-0.15, -0.1) is 0 Å². The molecule has 6 rings (SSSR count). The van der Waals surface area contributed by atoms with Gasteiger partial charge in [0.05, 0.1) is 28.4 Å². The second kappa shape index (κ2) is 8.13. The van der Waals surface area contributed by atoms with Crippen molar-refractivity contribution in [2.24, 2.45) is 0 Å². The smallest absolute Gasteiger partial charge is 0.278 e. The monoisotopic (exact) mass is 452 g/mol. The Morgan fingerprint density at radius 1 is 1.15 bits per heavy atom. The Kier molecular flexibility index (Phi) is 4.81. The molecule has 4 heterocycles. The van der Waals surface area contributed by atoms with Gasteiger partial charge in [0.15, 0.2) is 5.82 Å². The summed E-state index contributed by atoms with van der Waals surface area (Å²) in [5, 5.41) is 18.8. The second-order valence-corrected chi connectivity index (χ2v) is 8.13. The molecular formula is C25H20N6O3. The van der Waals surface area contributed by atoms with E-state index < -0.39 is 0 Å². The lowest BCUT2D eigenvalue weighted by Crippen LogP contribution is -2.23. The highest BCUT2D eigenvalue weighted by Crippen LogP contribution is 2.33. The van der Waals surface area contributed by atoms with Crippen LogP contribution < -0.4 is 10.6 Å². The van der Waals surface area contributed by atoms with Crippen LogP contribution in [0.5, 0.6) is 0 Å². The van der Waals surface area contributed by atoms with Crippen LogP contribution in [-0.2, 0) is 13.0 Å². The Bertz CT molecular complexity index is 1520. The zero-order valence-electron chi connectivity index (χ0n) is 18.1. The first kappa shape index (κ1) is 20.1. The van der Waals surface area contributed by atoms with Crippen molar-refractivity contribution in [3.63, 3.8) is 0 Å². The van der Waals surface area contributed by atoms with Gasteiger partial charge in [0.1, 0.15) is 0 Å². The number of nitrogens with one attached hydrogen (secondary N) is 2. The van der Waals surface area contributed by atoms with E-state index in [0.717, 1.165) is 36.3 Å². The maximum Gasteiger partial charge on any atom is 0.278 e. The molecule has 1 aliphatic rings. The van der Waals surface area contributed by atoms with Crippen LogP contribution in [0, 0.1) is 10.1 Å². The lowest BCUT2D eigenvalue weighted by atomic mass is 10.0. The molecule has 9 nitrogen and oxygen atoms in total. The summed E-state index contributed by atoms with van der Waals surface area (Å²) >= 11 is 0. The third kappa shape index (κ3) is 3.48. The van der Waals surface area contributed by atoms with Crippen LogP contribution in [0.3, 0.4) is 0 Å². The van der Waals surface area contributed by atoms with E-state index in [4.69, 9.17) is 9.40 Å². The van der Waals surface area contributed by atoms with E-state index in [1.54, 1.807) is 37.1 Å². The molecule has 0 atom stereocenters. The molecular weight excluding hydrogens is 432 g/mol. The second-order valence-electron chi connectivity index (χ2n) is 8.13. The van der Waals surface area contributed by atoms with Gasteiger partial charge in [0, 0.05) is 41.8 Å². The number of nitrogens with zero attached hydrogens (tertiary/aromatic N) is 4. The lowest BCUT2D eigenvalue weighted by Gasteiger charge is -2.18.